The van der Waals surface area contributed by atoms with Gasteiger partial charge in [-0.05, 0) is 49.2 Å². The maximum Gasteiger partial charge on any atom is 0.321 e. The number of hydrogen-bond acceptors (Lipinski definition) is 3. The van der Waals surface area contributed by atoms with E-state index in [4.69, 9.17) is 23.2 Å². The zero-order valence-electron chi connectivity index (χ0n) is 14.5. The van der Waals surface area contributed by atoms with Gasteiger partial charge in [0.2, 0.25) is 0 Å². The molecular formula is C19H19Cl2N5O. The van der Waals surface area contributed by atoms with Gasteiger partial charge in [-0.15, -0.1) is 0 Å². The minimum Gasteiger partial charge on any atom is -0.381 e. The summed E-state index contributed by atoms with van der Waals surface area (Å²) in [4.78, 5) is 14.4. The number of piperidine rings is 1. The second-order valence-electron chi connectivity index (χ2n) is 6.69. The molecule has 1 fully saturated rings. The quantitative estimate of drug-likeness (QED) is 0.577. The average molecular weight is 404 g/mol. The third kappa shape index (κ3) is 4.28. The highest BCUT2D eigenvalue weighted by Gasteiger charge is 2.24. The van der Waals surface area contributed by atoms with Gasteiger partial charge in [-0.1, -0.05) is 23.2 Å². The van der Waals surface area contributed by atoms with Crippen LogP contribution in [-0.2, 0) is 0 Å². The molecule has 0 aliphatic carbocycles. The smallest absolute Gasteiger partial charge is 0.321 e. The van der Waals surface area contributed by atoms with E-state index in [0.717, 1.165) is 36.0 Å². The molecule has 1 unspecified atom stereocenters. The van der Waals surface area contributed by atoms with Crippen molar-refractivity contribution in [3.63, 3.8) is 0 Å². The van der Waals surface area contributed by atoms with E-state index in [0.29, 0.717) is 22.3 Å². The number of urea groups is 1. The van der Waals surface area contributed by atoms with Crippen molar-refractivity contribution in [2.75, 3.05) is 23.7 Å². The van der Waals surface area contributed by atoms with Crippen LogP contribution in [-0.4, -0.2) is 40.3 Å². The first-order valence-electron chi connectivity index (χ1n) is 8.78. The highest BCUT2D eigenvalue weighted by Crippen LogP contribution is 2.24. The summed E-state index contributed by atoms with van der Waals surface area (Å²) < 4.78 is 0. The molecule has 0 radical (unpaired) electrons. The van der Waals surface area contributed by atoms with E-state index in [-0.39, 0.29) is 12.1 Å². The number of aromatic nitrogens is 2. The van der Waals surface area contributed by atoms with Crippen molar-refractivity contribution in [1.29, 1.82) is 0 Å². The Balaban J connectivity index is 1.40. The number of halogens is 2. The van der Waals surface area contributed by atoms with Gasteiger partial charge < -0.3 is 15.5 Å². The fraction of sp³-hybridized carbons (Fsp3) is 0.263. The Morgan fingerprint density at radius 3 is 2.78 bits per heavy atom. The molecule has 4 rings (SSSR count). The predicted octanol–water partition coefficient (Wildman–Crippen LogP) is 4.98. The van der Waals surface area contributed by atoms with E-state index in [1.54, 1.807) is 24.4 Å². The number of nitrogens with zero attached hydrogens (tertiary/aromatic N) is 2. The third-order valence-corrected chi connectivity index (χ3v) is 5.07. The number of rotatable bonds is 3. The first kappa shape index (κ1) is 17.9. The molecule has 1 aliphatic heterocycles. The highest BCUT2D eigenvalue weighted by molar-refractivity contribution is 6.35. The van der Waals surface area contributed by atoms with Crippen LogP contribution in [0.2, 0.25) is 10.0 Å². The number of anilines is 2. The molecule has 27 heavy (non-hydrogen) atoms. The second kappa shape index (κ2) is 7.66. The number of carbonyl (C=O) groups is 1. The number of aromatic amines is 1. The van der Waals surface area contributed by atoms with Crippen LogP contribution < -0.4 is 10.6 Å². The lowest BCUT2D eigenvalue weighted by Gasteiger charge is -2.33. The summed E-state index contributed by atoms with van der Waals surface area (Å²) >= 11 is 12.0. The Kier molecular flexibility index (Phi) is 5.09. The van der Waals surface area contributed by atoms with Gasteiger partial charge in [0.25, 0.3) is 0 Å². The standard InChI is InChI=1S/C19H19Cl2N5O/c20-13-7-14(21)9-17(8-13)24-19(27)26-5-1-2-16(11-26)23-15-3-4-18-12(6-15)10-22-25-18/h3-4,6-10,16,23H,1-2,5,11H2,(H,22,25)(H,24,27). The summed E-state index contributed by atoms with van der Waals surface area (Å²) in [6.07, 6.45) is 3.75. The zero-order chi connectivity index (χ0) is 18.8. The SMILES string of the molecule is O=C(Nc1cc(Cl)cc(Cl)c1)N1CCCC(Nc2ccc3[nH]ncc3c2)C1. The Hall–Kier alpha value is -2.44. The summed E-state index contributed by atoms with van der Waals surface area (Å²) in [7, 11) is 0. The van der Waals surface area contributed by atoms with Gasteiger partial charge in [-0.2, -0.15) is 5.10 Å². The summed E-state index contributed by atoms with van der Waals surface area (Å²) in [5.74, 6) is 0. The van der Waals surface area contributed by atoms with Crippen molar-refractivity contribution >= 4 is 51.5 Å². The van der Waals surface area contributed by atoms with Crippen LogP contribution in [0, 0.1) is 0 Å². The lowest BCUT2D eigenvalue weighted by Crippen LogP contribution is -2.46. The van der Waals surface area contributed by atoms with E-state index in [9.17, 15) is 4.79 Å². The van der Waals surface area contributed by atoms with Gasteiger partial charge in [0.15, 0.2) is 0 Å². The average Bonchev–Trinajstić information content (AvgIpc) is 3.09. The Morgan fingerprint density at radius 2 is 1.96 bits per heavy atom. The fourth-order valence-electron chi connectivity index (χ4n) is 3.38. The monoisotopic (exact) mass is 403 g/mol. The van der Waals surface area contributed by atoms with Gasteiger partial charge in [0.1, 0.15) is 0 Å². The predicted molar refractivity (Wildman–Crippen MR) is 110 cm³/mol. The van der Waals surface area contributed by atoms with Crippen LogP contribution in [0.4, 0.5) is 16.2 Å². The zero-order valence-corrected chi connectivity index (χ0v) is 16.0. The molecular weight excluding hydrogens is 385 g/mol. The lowest BCUT2D eigenvalue weighted by atomic mass is 10.1. The van der Waals surface area contributed by atoms with Crippen molar-refractivity contribution in [3.8, 4) is 0 Å². The normalized spacial score (nSPS) is 17.1. The van der Waals surface area contributed by atoms with Crippen LogP contribution in [0.3, 0.4) is 0 Å². The molecule has 0 saturated carbocycles. The summed E-state index contributed by atoms with van der Waals surface area (Å²) in [5.41, 5.74) is 2.63. The molecule has 140 valence electrons. The molecule has 1 atom stereocenters. The highest BCUT2D eigenvalue weighted by atomic mass is 35.5. The van der Waals surface area contributed by atoms with Gasteiger partial charge in [-0.25, -0.2) is 4.79 Å². The minimum atomic E-state index is -0.148. The number of hydrogen-bond donors (Lipinski definition) is 3. The Bertz CT molecular complexity index is 953. The van der Waals surface area contributed by atoms with Crippen LogP contribution in [0.25, 0.3) is 10.9 Å². The summed E-state index contributed by atoms with van der Waals surface area (Å²) in [5, 5.41) is 15.4. The number of likely N-dealkylation sites (tertiary alicyclic amines) is 1. The molecule has 2 heterocycles. The van der Waals surface area contributed by atoms with Gasteiger partial charge in [0.05, 0.1) is 11.7 Å². The van der Waals surface area contributed by atoms with E-state index in [2.05, 4.69) is 26.9 Å². The third-order valence-electron chi connectivity index (χ3n) is 4.63. The van der Waals surface area contributed by atoms with Crippen molar-refractivity contribution < 1.29 is 4.79 Å². The van der Waals surface area contributed by atoms with E-state index < -0.39 is 0 Å². The molecule has 6 nitrogen and oxygen atoms in total. The number of fused-ring (bicyclic) bond motifs is 1. The van der Waals surface area contributed by atoms with Gasteiger partial charge >= 0.3 is 6.03 Å². The van der Waals surface area contributed by atoms with Gasteiger partial charge in [-0.3, -0.25) is 5.10 Å². The number of H-pyrrole nitrogens is 1. The molecule has 1 aliphatic rings. The largest absolute Gasteiger partial charge is 0.381 e. The number of benzene rings is 2. The first-order chi connectivity index (χ1) is 13.1. The molecule has 3 N–H and O–H groups in total. The molecule has 2 amide bonds. The van der Waals surface area contributed by atoms with Crippen LogP contribution in [0.1, 0.15) is 12.8 Å². The number of nitrogens with one attached hydrogen (secondary N) is 3. The summed E-state index contributed by atoms with van der Waals surface area (Å²) in [6.45, 7) is 1.35. The number of amides is 2. The van der Waals surface area contributed by atoms with Crippen molar-refractivity contribution in [1.82, 2.24) is 15.1 Å². The topological polar surface area (TPSA) is 73.1 Å². The molecule has 0 spiro atoms. The first-order valence-corrected chi connectivity index (χ1v) is 9.54. The Labute approximate surface area is 166 Å². The van der Waals surface area contributed by atoms with Crippen molar-refractivity contribution in [2.45, 2.75) is 18.9 Å². The molecule has 1 saturated heterocycles. The minimum absolute atomic E-state index is 0.148. The Morgan fingerprint density at radius 1 is 1.15 bits per heavy atom. The van der Waals surface area contributed by atoms with Gasteiger partial charge in [0, 0.05) is 45.9 Å². The molecule has 2 aromatic carbocycles. The summed E-state index contributed by atoms with van der Waals surface area (Å²) in [6, 6.07) is 11.1. The maximum atomic E-state index is 12.6. The molecule has 3 aromatic rings. The van der Waals surface area contributed by atoms with Crippen molar-refractivity contribution in [2.24, 2.45) is 0 Å². The number of carbonyl (C=O) groups excluding carboxylic acids is 1. The lowest BCUT2D eigenvalue weighted by molar-refractivity contribution is 0.196. The van der Waals surface area contributed by atoms with E-state index in [1.165, 1.54) is 0 Å². The molecule has 1 aromatic heterocycles. The fourth-order valence-corrected chi connectivity index (χ4v) is 3.90. The second-order valence-corrected chi connectivity index (χ2v) is 7.56. The van der Waals surface area contributed by atoms with E-state index >= 15 is 0 Å². The molecule has 0 bridgehead atoms. The van der Waals surface area contributed by atoms with Crippen LogP contribution >= 0.6 is 23.2 Å². The van der Waals surface area contributed by atoms with Crippen molar-refractivity contribution in [3.05, 3.63) is 52.6 Å². The van der Waals surface area contributed by atoms with Crippen LogP contribution in [0.15, 0.2) is 42.6 Å². The van der Waals surface area contributed by atoms with E-state index in [1.807, 2.05) is 17.0 Å². The molecule has 8 heteroatoms. The van der Waals surface area contributed by atoms with Crippen LogP contribution in [0.5, 0.6) is 0 Å². The maximum absolute atomic E-state index is 12.6.